The maximum absolute atomic E-state index is 5.69. The summed E-state index contributed by atoms with van der Waals surface area (Å²) < 4.78 is 0.833. The molecule has 54 valence electrons. The molecule has 1 aromatic heterocycles. The lowest BCUT2D eigenvalue weighted by atomic mass is 10.3. The van der Waals surface area contributed by atoms with Gasteiger partial charge in [0.2, 0.25) is 0 Å². The molecule has 1 aromatic rings. The van der Waals surface area contributed by atoms with Crippen molar-refractivity contribution in [3.8, 4) is 0 Å². The van der Waals surface area contributed by atoms with Gasteiger partial charge in [0.05, 0.1) is 9.26 Å². The predicted molar refractivity (Wildman–Crippen MR) is 51.1 cm³/mol. The van der Waals surface area contributed by atoms with E-state index in [1.54, 1.807) is 6.20 Å². The van der Waals surface area contributed by atoms with Gasteiger partial charge in [0.25, 0.3) is 0 Å². The predicted octanol–water partition coefficient (Wildman–Crippen LogP) is 2.23. The van der Waals surface area contributed by atoms with E-state index >= 15 is 0 Å². The summed E-state index contributed by atoms with van der Waals surface area (Å²) in [5, 5.41) is 0.476. The highest BCUT2D eigenvalue weighted by atomic mass is 127. The minimum absolute atomic E-state index is 0.476. The minimum atomic E-state index is 0.476. The van der Waals surface area contributed by atoms with Crippen LogP contribution in [0.2, 0.25) is 5.15 Å². The third-order valence-corrected chi connectivity index (χ3v) is 2.91. The normalized spacial score (nSPS) is 9.90. The van der Waals surface area contributed by atoms with Crippen molar-refractivity contribution in [1.29, 1.82) is 0 Å². The number of nitrogens with two attached hydrogens (primary N) is 1. The van der Waals surface area contributed by atoms with E-state index in [-0.39, 0.29) is 0 Å². The largest absolute Gasteiger partial charge is 0.398 e. The van der Waals surface area contributed by atoms with Crippen molar-refractivity contribution >= 4 is 39.9 Å². The number of pyridine rings is 1. The van der Waals surface area contributed by atoms with Gasteiger partial charge in [-0.3, -0.25) is 0 Å². The molecule has 1 heterocycles. The van der Waals surface area contributed by atoms with E-state index in [0.717, 1.165) is 14.8 Å². The van der Waals surface area contributed by atoms with Gasteiger partial charge in [0.15, 0.2) is 0 Å². The summed E-state index contributed by atoms with van der Waals surface area (Å²) in [6.07, 6.45) is 1.67. The average Bonchev–Trinajstić information content (AvgIpc) is 1.93. The standard InChI is InChI=1S/C6H6ClIN2/c1-3-2-10-6(7)4(8)5(3)9/h2H,1H3,(H2,9,10). The summed E-state index contributed by atoms with van der Waals surface area (Å²) in [6.45, 7) is 1.90. The third kappa shape index (κ3) is 1.34. The van der Waals surface area contributed by atoms with Gasteiger partial charge in [-0.1, -0.05) is 11.6 Å². The molecule has 0 unspecified atom stereocenters. The van der Waals surface area contributed by atoms with Crippen LogP contribution < -0.4 is 5.73 Å². The number of aromatic nitrogens is 1. The van der Waals surface area contributed by atoms with Crippen LogP contribution in [0.25, 0.3) is 0 Å². The van der Waals surface area contributed by atoms with Crippen molar-refractivity contribution < 1.29 is 0 Å². The van der Waals surface area contributed by atoms with Gasteiger partial charge < -0.3 is 5.73 Å². The fourth-order valence-corrected chi connectivity index (χ4v) is 1.28. The van der Waals surface area contributed by atoms with Gasteiger partial charge in [-0.15, -0.1) is 0 Å². The molecule has 0 bridgehead atoms. The molecule has 0 aliphatic heterocycles. The van der Waals surface area contributed by atoms with Crippen LogP contribution in [0.15, 0.2) is 6.20 Å². The Bertz CT molecular complexity index is 235. The Labute approximate surface area is 77.9 Å². The zero-order chi connectivity index (χ0) is 7.72. The van der Waals surface area contributed by atoms with Crippen molar-refractivity contribution in [1.82, 2.24) is 4.98 Å². The Hall–Kier alpha value is -0.0300. The molecule has 0 atom stereocenters. The van der Waals surface area contributed by atoms with Crippen molar-refractivity contribution in [3.63, 3.8) is 0 Å². The molecule has 0 saturated carbocycles. The number of hydrogen-bond donors (Lipinski definition) is 1. The molecule has 1 rings (SSSR count). The summed E-state index contributed by atoms with van der Waals surface area (Å²) in [6, 6.07) is 0. The highest BCUT2D eigenvalue weighted by Crippen LogP contribution is 2.23. The first-order chi connectivity index (χ1) is 4.63. The van der Waals surface area contributed by atoms with Crippen LogP contribution in [-0.2, 0) is 0 Å². The van der Waals surface area contributed by atoms with Crippen LogP contribution in [0.5, 0.6) is 0 Å². The Kier molecular flexibility index (Phi) is 2.36. The lowest BCUT2D eigenvalue weighted by molar-refractivity contribution is 1.25. The Balaban J connectivity index is 3.34. The topological polar surface area (TPSA) is 38.9 Å². The maximum Gasteiger partial charge on any atom is 0.144 e. The van der Waals surface area contributed by atoms with Gasteiger partial charge in [0, 0.05) is 6.20 Å². The van der Waals surface area contributed by atoms with E-state index in [9.17, 15) is 0 Å². The molecule has 4 heteroatoms. The first kappa shape index (κ1) is 8.07. The lowest BCUT2D eigenvalue weighted by Gasteiger charge is -2.01. The van der Waals surface area contributed by atoms with E-state index in [1.165, 1.54) is 0 Å². The molecular weight excluding hydrogens is 262 g/mol. The zero-order valence-electron chi connectivity index (χ0n) is 5.36. The quantitative estimate of drug-likeness (QED) is 0.579. The van der Waals surface area contributed by atoms with Crippen LogP contribution in [0.1, 0.15) is 5.56 Å². The smallest absolute Gasteiger partial charge is 0.144 e. The number of halogens is 2. The van der Waals surface area contributed by atoms with E-state index < -0.39 is 0 Å². The summed E-state index contributed by atoms with van der Waals surface area (Å²) in [5.74, 6) is 0. The third-order valence-electron chi connectivity index (χ3n) is 1.21. The summed E-state index contributed by atoms with van der Waals surface area (Å²) in [4.78, 5) is 3.92. The summed E-state index contributed by atoms with van der Waals surface area (Å²) in [7, 11) is 0. The Morgan fingerprint density at radius 3 is 2.80 bits per heavy atom. The van der Waals surface area contributed by atoms with Crippen molar-refractivity contribution in [3.05, 3.63) is 20.5 Å². The number of nitrogen functional groups attached to an aromatic ring is 1. The van der Waals surface area contributed by atoms with Gasteiger partial charge >= 0.3 is 0 Å². The number of aryl methyl sites for hydroxylation is 1. The Morgan fingerprint density at radius 2 is 2.30 bits per heavy atom. The fourth-order valence-electron chi connectivity index (χ4n) is 0.564. The molecule has 0 spiro atoms. The number of hydrogen-bond acceptors (Lipinski definition) is 2. The second-order valence-corrected chi connectivity index (χ2v) is 3.40. The van der Waals surface area contributed by atoms with Crippen molar-refractivity contribution in [2.24, 2.45) is 0 Å². The van der Waals surface area contributed by atoms with E-state index in [2.05, 4.69) is 27.6 Å². The minimum Gasteiger partial charge on any atom is -0.398 e. The van der Waals surface area contributed by atoms with Crippen LogP contribution in [0, 0.1) is 10.5 Å². The highest BCUT2D eigenvalue weighted by Gasteiger charge is 2.03. The molecule has 0 aromatic carbocycles. The van der Waals surface area contributed by atoms with E-state index in [1.807, 2.05) is 6.92 Å². The second-order valence-electron chi connectivity index (χ2n) is 1.96. The molecule has 0 fully saturated rings. The summed E-state index contributed by atoms with van der Waals surface area (Å²) in [5.41, 5.74) is 7.34. The fraction of sp³-hybridized carbons (Fsp3) is 0.167. The average molecular weight is 268 g/mol. The van der Waals surface area contributed by atoms with Crippen LogP contribution >= 0.6 is 34.2 Å². The molecule has 0 radical (unpaired) electrons. The van der Waals surface area contributed by atoms with Crippen LogP contribution in [0.4, 0.5) is 5.69 Å². The maximum atomic E-state index is 5.69. The monoisotopic (exact) mass is 268 g/mol. The molecule has 2 nitrogen and oxygen atoms in total. The second kappa shape index (κ2) is 2.92. The van der Waals surface area contributed by atoms with E-state index in [4.69, 9.17) is 17.3 Å². The molecular formula is C6H6ClIN2. The zero-order valence-corrected chi connectivity index (χ0v) is 8.27. The highest BCUT2D eigenvalue weighted by molar-refractivity contribution is 14.1. The number of nitrogens with zero attached hydrogens (tertiary/aromatic N) is 1. The van der Waals surface area contributed by atoms with Gasteiger partial charge in [-0.05, 0) is 35.1 Å². The van der Waals surface area contributed by atoms with Gasteiger partial charge in [-0.2, -0.15) is 0 Å². The van der Waals surface area contributed by atoms with Gasteiger partial charge in [0.1, 0.15) is 5.15 Å². The molecule has 0 saturated heterocycles. The van der Waals surface area contributed by atoms with Crippen molar-refractivity contribution in [2.75, 3.05) is 5.73 Å². The molecule has 0 aliphatic carbocycles. The molecule has 0 amide bonds. The Morgan fingerprint density at radius 1 is 1.70 bits per heavy atom. The number of rotatable bonds is 0. The van der Waals surface area contributed by atoms with E-state index in [0.29, 0.717) is 5.15 Å². The number of anilines is 1. The van der Waals surface area contributed by atoms with Gasteiger partial charge in [-0.25, -0.2) is 4.98 Å². The molecule has 0 aliphatic rings. The van der Waals surface area contributed by atoms with Crippen LogP contribution in [-0.4, -0.2) is 4.98 Å². The molecule has 2 N–H and O–H groups in total. The van der Waals surface area contributed by atoms with Crippen LogP contribution in [0.3, 0.4) is 0 Å². The summed E-state index contributed by atoms with van der Waals surface area (Å²) >= 11 is 7.76. The molecule has 10 heavy (non-hydrogen) atoms. The SMILES string of the molecule is Cc1cnc(Cl)c(I)c1N. The first-order valence-corrected chi connectivity index (χ1v) is 4.14. The lowest BCUT2D eigenvalue weighted by Crippen LogP contribution is -1.95. The van der Waals surface area contributed by atoms with Crippen molar-refractivity contribution in [2.45, 2.75) is 6.92 Å². The first-order valence-electron chi connectivity index (χ1n) is 2.69.